The number of nitrogens with one attached hydrogen (secondary N) is 1. The molecule has 1 unspecified atom stereocenters. The first-order valence-corrected chi connectivity index (χ1v) is 9.03. The summed E-state index contributed by atoms with van der Waals surface area (Å²) < 4.78 is 27.0. The SMILES string of the molecule is CNc1ccc([N+](=O)[O-])cc1S(=O)(=O)N1CCSCC1C. The van der Waals surface area contributed by atoms with Crippen LogP contribution in [-0.2, 0) is 10.0 Å². The number of rotatable bonds is 4. The Labute approximate surface area is 127 Å². The van der Waals surface area contributed by atoms with Crippen molar-refractivity contribution in [2.75, 3.05) is 30.4 Å². The van der Waals surface area contributed by atoms with Gasteiger partial charge in [0.15, 0.2) is 0 Å². The normalized spacial score (nSPS) is 20.2. The van der Waals surface area contributed by atoms with Crippen LogP contribution in [0.3, 0.4) is 0 Å². The maximum Gasteiger partial charge on any atom is 0.270 e. The summed E-state index contributed by atoms with van der Waals surface area (Å²) in [6.45, 7) is 2.26. The molecule has 1 N–H and O–H groups in total. The highest BCUT2D eigenvalue weighted by molar-refractivity contribution is 7.99. The van der Waals surface area contributed by atoms with E-state index in [2.05, 4.69) is 5.32 Å². The van der Waals surface area contributed by atoms with E-state index in [0.717, 1.165) is 17.6 Å². The Morgan fingerprint density at radius 3 is 2.76 bits per heavy atom. The first-order valence-electron chi connectivity index (χ1n) is 6.43. The van der Waals surface area contributed by atoms with Crippen LogP contribution in [0, 0.1) is 10.1 Å². The molecule has 21 heavy (non-hydrogen) atoms. The van der Waals surface area contributed by atoms with Gasteiger partial charge in [0.1, 0.15) is 4.90 Å². The van der Waals surface area contributed by atoms with E-state index in [1.165, 1.54) is 16.4 Å². The number of sulfonamides is 1. The number of hydrogen-bond donors (Lipinski definition) is 1. The van der Waals surface area contributed by atoms with E-state index in [0.29, 0.717) is 12.2 Å². The first-order chi connectivity index (χ1) is 9.87. The average molecular weight is 331 g/mol. The van der Waals surface area contributed by atoms with Crippen molar-refractivity contribution in [3.63, 3.8) is 0 Å². The highest BCUT2D eigenvalue weighted by atomic mass is 32.2. The van der Waals surface area contributed by atoms with Gasteiger partial charge in [-0.05, 0) is 13.0 Å². The number of non-ortho nitro benzene ring substituents is 1. The van der Waals surface area contributed by atoms with E-state index >= 15 is 0 Å². The highest BCUT2D eigenvalue weighted by Crippen LogP contribution is 2.31. The minimum atomic E-state index is -3.76. The monoisotopic (exact) mass is 331 g/mol. The third-order valence-corrected chi connectivity index (χ3v) is 6.58. The zero-order valence-electron chi connectivity index (χ0n) is 11.8. The molecule has 0 spiro atoms. The van der Waals surface area contributed by atoms with Crippen LogP contribution < -0.4 is 5.32 Å². The molecule has 1 atom stereocenters. The van der Waals surface area contributed by atoms with E-state index < -0.39 is 14.9 Å². The summed E-state index contributed by atoms with van der Waals surface area (Å²) in [5, 5.41) is 13.7. The van der Waals surface area contributed by atoms with Crippen LogP contribution in [0.1, 0.15) is 6.92 Å². The molecule has 0 amide bonds. The standard InChI is InChI=1S/C12H17N3O4S2/c1-9-8-20-6-5-14(9)21(18,19)12-7-10(15(16)17)3-4-11(12)13-2/h3-4,7,9,13H,5-6,8H2,1-2H3. The van der Waals surface area contributed by atoms with Crippen molar-refractivity contribution in [3.05, 3.63) is 28.3 Å². The van der Waals surface area contributed by atoms with Crippen LogP contribution in [0.25, 0.3) is 0 Å². The maximum absolute atomic E-state index is 12.8. The minimum Gasteiger partial charge on any atom is -0.387 e. The molecule has 0 radical (unpaired) electrons. The van der Waals surface area contributed by atoms with Gasteiger partial charge in [-0.3, -0.25) is 10.1 Å². The van der Waals surface area contributed by atoms with Gasteiger partial charge in [0.2, 0.25) is 10.0 Å². The van der Waals surface area contributed by atoms with Gasteiger partial charge in [-0.1, -0.05) is 0 Å². The van der Waals surface area contributed by atoms with E-state index in [-0.39, 0.29) is 16.6 Å². The van der Waals surface area contributed by atoms with Crippen LogP contribution in [-0.4, -0.2) is 48.8 Å². The van der Waals surface area contributed by atoms with Gasteiger partial charge in [-0.2, -0.15) is 16.1 Å². The zero-order chi connectivity index (χ0) is 15.6. The fraction of sp³-hybridized carbons (Fsp3) is 0.500. The largest absolute Gasteiger partial charge is 0.387 e. The van der Waals surface area contributed by atoms with Crippen LogP contribution >= 0.6 is 11.8 Å². The van der Waals surface area contributed by atoms with Gasteiger partial charge in [-0.15, -0.1) is 0 Å². The van der Waals surface area contributed by atoms with Crippen molar-refractivity contribution >= 4 is 33.2 Å². The van der Waals surface area contributed by atoms with Crippen molar-refractivity contribution in [2.24, 2.45) is 0 Å². The summed E-state index contributed by atoms with van der Waals surface area (Å²) in [6, 6.07) is 3.71. The Bertz CT molecular complexity index is 648. The molecule has 1 aliphatic rings. The van der Waals surface area contributed by atoms with Crippen LogP contribution in [0.4, 0.5) is 11.4 Å². The number of thioether (sulfide) groups is 1. The average Bonchev–Trinajstić information content (AvgIpc) is 2.46. The molecule has 9 heteroatoms. The second kappa shape index (κ2) is 6.20. The minimum absolute atomic E-state index is 0.0436. The molecular weight excluding hydrogens is 314 g/mol. The summed E-state index contributed by atoms with van der Waals surface area (Å²) >= 11 is 1.71. The van der Waals surface area contributed by atoms with E-state index in [1.807, 2.05) is 6.92 Å². The Balaban J connectivity index is 2.52. The van der Waals surface area contributed by atoms with E-state index in [1.54, 1.807) is 18.8 Å². The molecule has 1 heterocycles. The molecule has 1 aliphatic heterocycles. The van der Waals surface area contributed by atoms with Crippen LogP contribution in [0.2, 0.25) is 0 Å². The van der Waals surface area contributed by atoms with Crippen molar-refractivity contribution in [3.8, 4) is 0 Å². The summed E-state index contributed by atoms with van der Waals surface area (Å²) in [6.07, 6.45) is 0. The number of nitro groups is 1. The molecule has 2 rings (SSSR count). The Kier molecular flexibility index (Phi) is 4.74. The highest BCUT2D eigenvalue weighted by Gasteiger charge is 2.33. The van der Waals surface area contributed by atoms with Gasteiger partial charge in [0.25, 0.3) is 5.69 Å². The number of nitro benzene ring substituents is 1. The molecule has 7 nitrogen and oxygen atoms in total. The summed E-state index contributed by atoms with van der Waals surface area (Å²) in [5.74, 6) is 1.45. The molecule has 116 valence electrons. The molecule has 1 fully saturated rings. The number of anilines is 1. The van der Waals surface area contributed by atoms with Crippen molar-refractivity contribution in [1.82, 2.24) is 4.31 Å². The van der Waals surface area contributed by atoms with Crippen LogP contribution in [0.15, 0.2) is 23.1 Å². The fourth-order valence-electron chi connectivity index (χ4n) is 2.24. The molecule has 0 aromatic heterocycles. The van der Waals surface area contributed by atoms with Gasteiger partial charge in [0.05, 0.1) is 10.6 Å². The van der Waals surface area contributed by atoms with Gasteiger partial charge < -0.3 is 5.32 Å². The third kappa shape index (κ3) is 3.14. The molecule has 0 bridgehead atoms. The number of nitrogens with zero attached hydrogens (tertiary/aromatic N) is 2. The van der Waals surface area contributed by atoms with Gasteiger partial charge >= 0.3 is 0 Å². The zero-order valence-corrected chi connectivity index (χ0v) is 13.4. The third-order valence-electron chi connectivity index (χ3n) is 3.34. The van der Waals surface area contributed by atoms with Crippen molar-refractivity contribution in [1.29, 1.82) is 0 Å². The van der Waals surface area contributed by atoms with Gasteiger partial charge in [-0.25, -0.2) is 8.42 Å². The maximum atomic E-state index is 12.8. The Hall–Kier alpha value is -1.32. The second-order valence-electron chi connectivity index (χ2n) is 4.73. The smallest absolute Gasteiger partial charge is 0.270 e. The lowest BCUT2D eigenvalue weighted by Crippen LogP contribution is -2.44. The Morgan fingerprint density at radius 2 is 2.19 bits per heavy atom. The molecule has 1 aromatic carbocycles. The molecule has 0 saturated carbocycles. The van der Waals surface area contributed by atoms with Crippen molar-refractivity contribution in [2.45, 2.75) is 17.9 Å². The van der Waals surface area contributed by atoms with E-state index in [9.17, 15) is 18.5 Å². The number of hydrogen-bond acceptors (Lipinski definition) is 6. The second-order valence-corrected chi connectivity index (χ2v) is 7.74. The summed E-state index contributed by atoms with van der Waals surface area (Å²) in [4.78, 5) is 10.3. The Morgan fingerprint density at radius 1 is 1.48 bits per heavy atom. The van der Waals surface area contributed by atoms with Crippen LogP contribution in [0.5, 0.6) is 0 Å². The predicted molar refractivity (Wildman–Crippen MR) is 83.3 cm³/mol. The lowest BCUT2D eigenvalue weighted by molar-refractivity contribution is -0.385. The molecular formula is C12H17N3O4S2. The predicted octanol–water partition coefficient (Wildman–Crippen LogP) is 1.76. The summed E-state index contributed by atoms with van der Waals surface area (Å²) in [5.41, 5.74) is 0.137. The quantitative estimate of drug-likeness (QED) is 0.667. The fourth-order valence-corrected chi connectivity index (χ4v) is 5.31. The lowest BCUT2D eigenvalue weighted by atomic mass is 10.3. The summed E-state index contributed by atoms with van der Waals surface area (Å²) in [7, 11) is -2.16. The topological polar surface area (TPSA) is 92.5 Å². The molecule has 1 saturated heterocycles. The molecule has 0 aliphatic carbocycles. The number of benzene rings is 1. The lowest BCUT2D eigenvalue weighted by Gasteiger charge is -2.32. The van der Waals surface area contributed by atoms with Crippen molar-refractivity contribution < 1.29 is 13.3 Å². The van der Waals surface area contributed by atoms with E-state index in [4.69, 9.17) is 0 Å². The van der Waals surface area contributed by atoms with Gasteiger partial charge in [0, 0.05) is 43.3 Å². The first kappa shape index (κ1) is 16.1. The molecule has 1 aromatic rings.